The molecule has 0 radical (unpaired) electrons. The minimum Gasteiger partial charge on any atom is -0.389 e. The Morgan fingerprint density at radius 1 is 1.53 bits per heavy atom. The first-order valence-electron chi connectivity index (χ1n) is 5.14. The molecule has 17 heavy (non-hydrogen) atoms. The molecule has 1 aromatic rings. The van der Waals surface area contributed by atoms with Gasteiger partial charge in [-0.1, -0.05) is 0 Å². The Labute approximate surface area is 109 Å². The van der Waals surface area contributed by atoms with Crippen molar-refractivity contribution in [2.24, 2.45) is 0 Å². The van der Waals surface area contributed by atoms with Crippen LogP contribution in [0.3, 0.4) is 0 Å². The van der Waals surface area contributed by atoms with Crippen LogP contribution in [0.25, 0.3) is 0 Å². The van der Waals surface area contributed by atoms with E-state index in [1.54, 1.807) is 6.92 Å². The number of pyridine rings is 1. The lowest BCUT2D eigenvalue weighted by Gasteiger charge is -2.18. The Morgan fingerprint density at radius 3 is 2.76 bits per heavy atom. The standard InChI is InChI=1S/C10H13BrN2O3S/c1-10(14)2-3-13(7-10)17(15,16)9-4-8(11)5-12-6-9/h4-6,14H,2-3,7H2,1H3. The minimum atomic E-state index is -3.55. The fourth-order valence-corrected chi connectivity index (χ4v) is 3.86. The van der Waals surface area contributed by atoms with E-state index in [0.717, 1.165) is 0 Å². The van der Waals surface area contributed by atoms with E-state index >= 15 is 0 Å². The summed E-state index contributed by atoms with van der Waals surface area (Å²) < 4.78 is 26.4. The van der Waals surface area contributed by atoms with Gasteiger partial charge in [0.05, 0.1) is 5.60 Å². The molecule has 7 heteroatoms. The second kappa shape index (κ2) is 4.31. The fraction of sp³-hybridized carbons (Fsp3) is 0.500. The Bertz CT molecular complexity index is 530. The summed E-state index contributed by atoms with van der Waals surface area (Å²) in [5.74, 6) is 0. The summed E-state index contributed by atoms with van der Waals surface area (Å²) in [5, 5.41) is 9.80. The zero-order valence-corrected chi connectivity index (χ0v) is 11.7. The van der Waals surface area contributed by atoms with Gasteiger partial charge in [0, 0.05) is 30.0 Å². The van der Waals surface area contributed by atoms with Gasteiger partial charge in [-0.05, 0) is 35.3 Å². The zero-order valence-electron chi connectivity index (χ0n) is 9.30. The van der Waals surface area contributed by atoms with Crippen molar-refractivity contribution in [3.8, 4) is 0 Å². The molecule has 1 N–H and O–H groups in total. The summed E-state index contributed by atoms with van der Waals surface area (Å²) >= 11 is 3.19. The summed E-state index contributed by atoms with van der Waals surface area (Å²) in [6, 6.07) is 1.51. The number of aromatic nitrogens is 1. The summed E-state index contributed by atoms with van der Waals surface area (Å²) in [7, 11) is -3.55. The van der Waals surface area contributed by atoms with Gasteiger partial charge in [0.1, 0.15) is 4.90 Å². The number of nitrogens with zero attached hydrogens (tertiary/aromatic N) is 2. The molecule has 94 valence electrons. The highest BCUT2D eigenvalue weighted by molar-refractivity contribution is 9.10. The van der Waals surface area contributed by atoms with E-state index in [4.69, 9.17) is 0 Å². The van der Waals surface area contributed by atoms with Gasteiger partial charge in [0.2, 0.25) is 10.0 Å². The van der Waals surface area contributed by atoms with Crippen LogP contribution in [-0.4, -0.2) is 41.5 Å². The summed E-state index contributed by atoms with van der Waals surface area (Å²) in [4.78, 5) is 3.99. The smallest absolute Gasteiger partial charge is 0.244 e. The fourth-order valence-electron chi connectivity index (χ4n) is 1.79. The zero-order chi connectivity index (χ0) is 12.7. The Balaban J connectivity index is 2.32. The van der Waals surface area contributed by atoms with Crippen molar-refractivity contribution in [2.45, 2.75) is 23.8 Å². The average Bonchev–Trinajstić information content (AvgIpc) is 2.59. The first-order valence-corrected chi connectivity index (χ1v) is 7.38. The Kier molecular flexibility index (Phi) is 3.28. The minimum absolute atomic E-state index is 0.127. The van der Waals surface area contributed by atoms with Crippen molar-refractivity contribution >= 4 is 26.0 Å². The van der Waals surface area contributed by atoms with Crippen LogP contribution >= 0.6 is 15.9 Å². The van der Waals surface area contributed by atoms with Crippen molar-refractivity contribution < 1.29 is 13.5 Å². The number of hydrogen-bond acceptors (Lipinski definition) is 4. The van der Waals surface area contributed by atoms with Crippen LogP contribution < -0.4 is 0 Å². The third kappa shape index (κ3) is 2.67. The number of sulfonamides is 1. The van der Waals surface area contributed by atoms with Crippen molar-refractivity contribution in [2.75, 3.05) is 13.1 Å². The van der Waals surface area contributed by atoms with Crippen molar-refractivity contribution in [1.82, 2.24) is 9.29 Å². The van der Waals surface area contributed by atoms with E-state index in [9.17, 15) is 13.5 Å². The average molecular weight is 321 g/mol. The molecule has 1 saturated heterocycles. The third-order valence-corrected chi connectivity index (χ3v) is 4.98. The molecule has 1 atom stereocenters. The number of rotatable bonds is 2. The van der Waals surface area contributed by atoms with Gasteiger partial charge in [0.25, 0.3) is 0 Å². The highest BCUT2D eigenvalue weighted by Crippen LogP contribution is 2.27. The Morgan fingerprint density at radius 2 is 2.24 bits per heavy atom. The summed E-state index contributed by atoms with van der Waals surface area (Å²) in [6.07, 6.45) is 3.29. The normalized spacial score (nSPS) is 26.3. The SMILES string of the molecule is CC1(O)CCN(S(=O)(=O)c2cncc(Br)c2)C1. The monoisotopic (exact) mass is 320 g/mol. The first kappa shape index (κ1) is 12.9. The topological polar surface area (TPSA) is 70.5 Å². The predicted molar refractivity (Wildman–Crippen MR) is 65.9 cm³/mol. The van der Waals surface area contributed by atoms with Crippen LogP contribution in [0.15, 0.2) is 27.8 Å². The van der Waals surface area contributed by atoms with Crippen LogP contribution in [0.2, 0.25) is 0 Å². The van der Waals surface area contributed by atoms with Gasteiger partial charge in [-0.3, -0.25) is 4.98 Å². The van der Waals surface area contributed by atoms with Crippen LogP contribution in [0, 0.1) is 0 Å². The van der Waals surface area contributed by atoms with Crippen molar-refractivity contribution in [3.05, 3.63) is 22.9 Å². The summed E-state index contributed by atoms with van der Waals surface area (Å²) in [5.41, 5.74) is -0.938. The molecule has 0 saturated carbocycles. The van der Waals surface area contributed by atoms with Crippen LogP contribution in [0.1, 0.15) is 13.3 Å². The predicted octanol–water partition coefficient (Wildman–Crippen LogP) is 0.990. The largest absolute Gasteiger partial charge is 0.389 e. The van der Waals surface area contributed by atoms with Gasteiger partial charge in [0.15, 0.2) is 0 Å². The molecule has 1 aliphatic rings. The van der Waals surface area contributed by atoms with E-state index in [0.29, 0.717) is 17.4 Å². The molecular weight excluding hydrogens is 308 g/mol. The lowest BCUT2D eigenvalue weighted by molar-refractivity contribution is 0.0762. The maximum atomic E-state index is 12.2. The molecule has 5 nitrogen and oxygen atoms in total. The first-order chi connectivity index (χ1) is 7.81. The molecule has 0 aliphatic carbocycles. The quantitative estimate of drug-likeness (QED) is 0.882. The lowest BCUT2D eigenvalue weighted by Crippen LogP contribution is -2.34. The molecule has 0 spiro atoms. The number of aliphatic hydroxyl groups is 1. The molecule has 1 aromatic heterocycles. The second-order valence-corrected chi connectivity index (χ2v) is 7.28. The van der Waals surface area contributed by atoms with E-state index in [1.807, 2.05) is 0 Å². The lowest BCUT2D eigenvalue weighted by atomic mass is 10.1. The van der Waals surface area contributed by atoms with E-state index in [-0.39, 0.29) is 11.4 Å². The van der Waals surface area contributed by atoms with Crippen molar-refractivity contribution in [1.29, 1.82) is 0 Å². The highest BCUT2D eigenvalue weighted by atomic mass is 79.9. The maximum Gasteiger partial charge on any atom is 0.244 e. The van der Waals surface area contributed by atoms with Gasteiger partial charge in [-0.25, -0.2) is 8.42 Å². The van der Waals surface area contributed by atoms with Crippen LogP contribution in [0.5, 0.6) is 0 Å². The number of hydrogen-bond donors (Lipinski definition) is 1. The van der Waals surface area contributed by atoms with Crippen LogP contribution in [0.4, 0.5) is 0 Å². The van der Waals surface area contributed by atoms with Gasteiger partial charge >= 0.3 is 0 Å². The highest BCUT2D eigenvalue weighted by Gasteiger charge is 2.38. The van der Waals surface area contributed by atoms with E-state index in [2.05, 4.69) is 20.9 Å². The second-order valence-electron chi connectivity index (χ2n) is 4.42. The van der Waals surface area contributed by atoms with Gasteiger partial charge in [-0.2, -0.15) is 4.31 Å². The third-order valence-electron chi connectivity index (χ3n) is 2.73. The molecular formula is C10H13BrN2O3S. The van der Waals surface area contributed by atoms with Gasteiger partial charge < -0.3 is 5.11 Å². The van der Waals surface area contributed by atoms with Crippen molar-refractivity contribution in [3.63, 3.8) is 0 Å². The number of β-amino-alcohol motifs (C(OH)–C–C–N with tert-alkyl or cyclic N) is 1. The van der Waals surface area contributed by atoms with Gasteiger partial charge in [-0.15, -0.1) is 0 Å². The molecule has 2 rings (SSSR count). The molecule has 1 unspecified atom stereocenters. The maximum absolute atomic E-state index is 12.2. The van der Waals surface area contributed by atoms with Crippen LogP contribution in [-0.2, 0) is 10.0 Å². The number of halogens is 1. The van der Waals surface area contributed by atoms with E-state index in [1.165, 1.54) is 22.8 Å². The van der Waals surface area contributed by atoms with E-state index < -0.39 is 15.6 Å². The Hall–Kier alpha value is -0.500. The molecule has 1 aliphatic heterocycles. The molecule has 0 aromatic carbocycles. The molecule has 0 bridgehead atoms. The molecule has 2 heterocycles. The molecule has 0 amide bonds. The molecule has 1 fully saturated rings. The summed E-state index contributed by atoms with van der Waals surface area (Å²) in [6.45, 7) is 2.10.